The van der Waals surface area contributed by atoms with Crippen LogP contribution in [-0.2, 0) is 0 Å². The Labute approximate surface area is 151 Å². The van der Waals surface area contributed by atoms with E-state index in [9.17, 15) is 5.11 Å². The molecule has 0 saturated heterocycles. The van der Waals surface area contributed by atoms with Crippen molar-refractivity contribution in [2.24, 2.45) is 10.2 Å². The number of hydrogen-bond donors (Lipinski definition) is 3. The van der Waals surface area contributed by atoms with Crippen LogP contribution in [0.1, 0.15) is 0 Å². The van der Waals surface area contributed by atoms with Crippen LogP contribution < -0.4 is 10.1 Å². The third-order valence-corrected chi connectivity index (χ3v) is 4.14. The van der Waals surface area contributed by atoms with E-state index in [1.165, 1.54) is 0 Å². The summed E-state index contributed by atoms with van der Waals surface area (Å²) in [6.45, 7) is 0. The molecule has 0 spiro atoms. The Morgan fingerprint density at radius 3 is 2.88 bits per heavy atom. The molecule has 0 aliphatic heterocycles. The lowest BCUT2D eigenvalue weighted by Crippen LogP contribution is -2.04. The van der Waals surface area contributed by atoms with Gasteiger partial charge in [-0.3, -0.25) is 0 Å². The van der Waals surface area contributed by atoms with Gasteiger partial charge in [0, 0.05) is 21.6 Å². The van der Waals surface area contributed by atoms with E-state index >= 15 is 0 Å². The van der Waals surface area contributed by atoms with Crippen LogP contribution in [0, 0.1) is 0 Å². The Hall–Kier alpha value is -2.45. The first kappa shape index (κ1) is 16.4. The van der Waals surface area contributed by atoms with Gasteiger partial charge in [-0.1, -0.05) is 18.2 Å². The fourth-order valence-electron chi connectivity index (χ4n) is 2.20. The highest BCUT2D eigenvalue weighted by molar-refractivity contribution is 9.10. The third-order valence-electron chi connectivity index (χ3n) is 3.30. The zero-order valence-corrected chi connectivity index (χ0v) is 15.0. The molecule has 0 saturated carbocycles. The number of para-hydroxylation sites is 1. The predicted octanol–water partition coefficient (Wildman–Crippen LogP) is 5.13. The number of thiocarbonyl (C=S) groups is 1. The molecule has 0 aliphatic carbocycles. The number of nitrogens with zero attached hydrogens (tertiary/aromatic N) is 2. The number of H-pyrrole nitrogens is 1. The lowest BCUT2D eigenvalue weighted by atomic mass is 10.2. The zero-order chi connectivity index (χ0) is 17.1. The van der Waals surface area contributed by atoms with Crippen molar-refractivity contribution < 1.29 is 9.84 Å². The Bertz CT molecular complexity index is 939. The second-order valence-corrected chi connectivity index (χ2v) is 6.09. The molecular weight excluding hydrogens is 392 g/mol. The van der Waals surface area contributed by atoms with Gasteiger partial charge in [0.05, 0.1) is 12.6 Å². The molecule has 0 radical (unpaired) electrons. The minimum Gasteiger partial charge on any atom is -0.497 e. The van der Waals surface area contributed by atoms with E-state index in [4.69, 9.17) is 17.0 Å². The van der Waals surface area contributed by atoms with Crippen LogP contribution >= 0.6 is 28.1 Å². The molecule has 0 fully saturated rings. The monoisotopic (exact) mass is 404 g/mol. The molecule has 0 bridgehead atoms. The molecule has 2 aromatic carbocycles. The average Bonchev–Trinajstić information content (AvgIpc) is 2.90. The quantitative estimate of drug-likeness (QED) is 0.417. The van der Waals surface area contributed by atoms with Gasteiger partial charge < -0.3 is 20.1 Å². The Kier molecular flexibility index (Phi) is 4.77. The summed E-state index contributed by atoms with van der Waals surface area (Å²) >= 11 is 8.58. The number of halogens is 1. The van der Waals surface area contributed by atoms with Crippen molar-refractivity contribution in [2.75, 3.05) is 12.4 Å². The molecule has 122 valence electrons. The first-order valence-electron chi connectivity index (χ1n) is 6.94. The van der Waals surface area contributed by atoms with Gasteiger partial charge in [0.1, 0.15) is 5.75 Å². The molecule has 0 amide bonds. The average molecular weight is 405 g/mol. The summed E-state index contributed by atoms with van der Waals surface area (Å²) in [7, 11) is 1.59. The highest BCUT2D eigenvalue weighted by atomic mass is 79.9. The fourth-order valence-corrected chi connectivity index (χ4v) is 2.82. The first-order chi connectivity index (χ1) is 11.6. The topological polar surface area (TPSA) is 82.0 Å². The lowest BCUT2D eigenvalue weighted by molar-refractivity contribution is 0.415. The van der Waals surface area contributed by atoms with Gasteiger partial charge in [-0.05, 0) is 46.3 Å². The third kappa shape index (κ3) is 3.39. The Morgan fingerprint density at radius 1 is 1.29 bits per heavy atom. The number of azo groups is 1. The van der Waals surface area contributed by atoms with Crippen molar-refractivity contribution in [1.82, 2.24) is 4.98 Å². The van der Waals surface area contributed by atoms with E-state index in [-0.39, 0.29) is 11.0 Å². The molecule has 6 nitrogen and oxygen atoms in total. The molecule has 24 heavy (non-hydrogen) atoms. The highest BCUT2D eigenvalue weighted by Crippen LogP contribution is 2.38. The number of anilines is 1. The van der Waals surface area contributed by atoms with Crippen LogP contribution in [0.5, 0.6) is 11.6 Å². The van der Waals surface area contributed by atoms with Crippen LogP contribution in [-0.4, -0.2) is 22.3 Å². The summed E-state index contributed by atoms with van der Waals surface area (Å²) in [5.41, 5.74) is 1.82. The van der Waals surface area contributed by atoms with Gasteiger partial charge in [-0.15, -0.1) is 10.2 Å². The Balaban J connectivity index is 1.82. The van der Waals surface area contributed by atoms with Crippen LogP contribution in [0.3, 0.4) is 0 Å². The molecule has 0 atom stereocenters. The van der Waals surface area contributed by atoms with Crippen LogP contribution in [0.15, 0.2) is 57.2 Å². The standard InChI is InChI=1S/C16H13BrN4O2S/c1-23-10-5-2-4-9(8-10)18-16(24)21-20-14-11-6-3-7-12(17)13(11)19-15(14)22/h2-8,19,22H,1H3,(H,18,24). The highest BCUT2D eigenvalue weighted by Gasteiger charge is 2.12. The van der Waals surface area contributed by atoms with E-state index in [1.807, 2.05) is 36.4 Å². The van der Waals surface area contributed by atoms with Crippen molar-refractivity contribution in [2.45, 2.75) is 0 Å². The maximum absolute atomic E-state index is 10.0. The minimum absolute atomic E-state index is 0.0650. The number of rotatable bonds is 3. The summed E-state index contributed by atoms with van der Waals surface area (Å²) < 4.78 is 5.98. The maximum atomic E-state index is 10.0. The number of hydrogen-bond acceptors (Lipinski definition) is 4. The van der Waals surface area contributed by atoms with Gasteiger partial charge in [0.15, 0.2) is 5.69 Å². The second kappa shape index (κ2) is 6.98. The summed E-state index contributed by atoms with van der Waals surface area (Å²) in [6.07, 6.45) is 0. The molecule has 1 heterocycles. The number of ether oxygens (including phenoxy) is 1. The van der Waals surface area contributed by atoms with Crippen LogP contribution in [0.2, 0.25) is 0 Å². The van der Waals surface area contributed by atoms with E-state index in [0.29, 0.717) is 11.4 Å². The smallest absolute Gasteiger partial charge is 0.218 e. The number of methoxy groups -OCH3 is 1. The molecule has 3 N–H and O–H groups in total. The molecule has 0 aliphatic rings. The maximum Gasteiger partial charge on any atom is 0.218 e. The lowest BCUT2D eigenvalue weighted by Gasteiger charge is -2.05. The normalized spacial score (nSPS) is 11.1. The van der Waals surface area contributed by atoms with Gasteiger partial charge in [-0.25, -0.2) is 0 Å². The van der Waals surface area contributed by atoms with E-state index in [0.717, 1.165) is 21.1 Å². The van der Waals surface area contributed by atoms with Crippen molar-refractivity contribution >= 4 is 55.5 Å². The molecular formula is C16H13BrN4O2S. The van der Waals surface area contributed by atoms with Gasteiger partial charge >= 0.3 is 0 Å². The van der Waals surface area contributed by atoms with E-state index in [2.05, 4.69) is 36.5 Å². The van der Waals surface area contributed by atoms with Crippen LogP contribution in [0.4, 0.5) is 11.4 Å². The van der Waals surface area contributed by atoms with Crippen LogP contribution in [0.25, 0.3) is 10.9 Å². The summed E-state index contributed by atoms with van der Waals surface area (Å²) in [4.78, 5) is 2.86. The van der Waals surface area contributed by atoms with E-state index in [1.54, 1.807) is 13.2 Å². The minimum atomic E-state index is -0.0650. The fraction of sp³-hybridized carbons (Fsp3) is 0.0625. The van der Waals surface area contributed by atoms with Crippen molar-refractivity contribution in [1.29, 1.82) is 0 Å². The number of fused-ring (bicyclic) bond motifs is 1. The molecule has 8 heteroatoms. The van der Waals surface area contributed by atoms with Crippen molar-refractivity contribution in [3.05, 3.63) is 46.9 Å². The van der Waals surface area contributed by atoms with E-state index < -0.39 is 0 Å². The van der Waals surface area contributed by atoms with Crippen molar-refractivity contribution in [3.63, 3.8) is 0 Å². The largest absolute Gasteiger partial charge is 0.497 e. The number of aromatic hydroxyl groups is 1. The number of nitrogens with one attached hydrogen (secondary N) is 2. The summed E-state index contributed by atoms with van der Waals surface area (Å²) in [5.74, 6) is 0.642. The SMILES string of the molecule is COc1cccc(NC(=S)N=Nc2c(O)[nH]c3c(Br)cccc23)c1. The van der Waals surface area contributed by atoms with Gasteiger partial charge in [0.25, 0.3) is 0 Å². The molecule has 3 aromatic rings. The summed E-state index contributed by atoms with van der Waals surface area (Å²) in [6, 6.07) is 12.9. The van der Waals surface area contributed by atoms with Crippen molar-refractivity contribution in [3.8, 4) is 11.6 Å². The predicted molar refractivity (Wildman–Crippen MR) is 101 cm³/mol. The molecule has 0 unspecified atom stereocenters. The number of aromatic amines is 1. The zero-order valence-electron chi connectivity index (χ0n) is 12.6. The first-order valence-corrected chi connectivity index (χ1v) is 8.14. The molecule has 1 aromatic heterocycles. The van der Waals surface area contributed by atoms with Gasteiger partial charge in [-0.2, -0.15) is 0 Å². The number of benzene rings is 2. The Morgan fingerprint density at radius 2 is 2.08 bits per heavy atom. The number of aromatic nitrogens is 1. The van der Waals surface area contributed by atoms with Gasteiger partial charge in [0.2, 0.25) is 11.0 Å². The second-order valence-electron chi connectivity index (χ2n) is 4.85. The summed E-state index contributed by atoms with van der Waals surface area (Å²) in [5, 5.41) is 21.9. The molecule has 3 rings (SSSR count).